The van der Waals surface area contributed by atoms with E-state index in [1.54, 1.807) is 4.90 Å². The van der Waals surface area contributed by atoms with Crippen molar-refractivity contribution >= 4 is 11.8 Å². The second-order valence-corrected chi connectivity index (χ2v) is 7.30. The van der Waals surface area contributed by atoms with E-state index in [4.69, 9.17) is 11.5 Å². The van der Waals surface area contributed by atoms with Crippen LogP contribution in [0, 0.1) is 5.92 Å². The molecule has 5 N–H and O–H groups in total. The van der Waals surface area contributed by atoms with Gasteiger partial charge in [0.2, 0.25) is 11.8 Å². The topological polar surface area (TPSA) is 101 Å². The van der Waals surface area contributed by atoms with Gasteiger partial charge in [0.1, 0.15) is 6.04 Å². The number of nitrogens with zero attached hydrogens (tertiary/aromatic N) is 1. The monoisotopic (exact) mass is 376 g/mol. The van der Waals surface area contributed by atoms with Crippen molar-refractivity contribution in [2.24, 2.45) is 17.4 Å². The van der Waals surface area contributed by atoms with Crippen molar-refractivity contribution in [1.29, 1.82) is 0 Å². The lowest BCUT2D eigenvalue weighted by Gasteiger charge is -2.31. The number of carbonyl (C=O) groups excluding carboxylic acids is 2. The minimum Gasteiger partial charge on any atom is -0.354 e. The van der Waals surface area contributed by atoms with Gasteiger partial charge in [-0.1, -0.05) is 44.2 Å². The maximum absolute atomic E-state index is 12.8. The molecule has 1 aromatic rings. The molecule has 1 aromatic carbocycles. The van der Waals surface area contributed by atoms with Crippen molar-refractivity contribution in [2.45, 2.75) is 52.0 Å². The van der Waals surface area contributed by atoms with Crippen LogP contribution in [-0.4, -0.2) is 48.9 Å². The fourth-order valence-electron chi connectivity index (χ4n) is 2.98. The first-order chi connectivity index (χ1) is 13.0. The summed E-state index contributed by atoms with van der Waals surface area (Å²) in [5, 5.41) is 2.99. The van der Waals surface area contributed by atoms with Crippen molar-refractivity contribution < 1.29 is 9.59 Å². The molecule has 0 saturated carbocycles. The van der Waals surface area contributed by atoms with Gasteiger partial charge in [0, 0.05) is 13.1 Å². The molecule has 0 aliphatic rings. The molecule has 2 amide bonds. The Balaban J connectivity index is 2.64. The number of carbonyl (C=O) groups is 2. The molecule has 0 aliphatic carbocycles. The van der Waals surface area contributed by atoms with Gasteiger partial charge in [-0.05, 0) is 50.1 Å². The molecular formula is C21H36N4O2. The van der Waals surface area contributed by atoms with Crippen molar-refractivity contribution in [2.75, 3.05) is 26.2 Å². The number of nitrogens with two attached hydrogens (primary N) is 2. The van der Waals surface area contributed by atoms with Gasteiger partial charge in [-0.25, -0.2) is 0 Å². The van der Waals surface area contributed by atoms with Gasteiger partial charge in [-0.2, -0.15) is 0 Å². The Kier molecular flexibility index (Phi) is 11.4. The average Bonchev–Trinajstić information content (AvgIpc) is 2.67. The molecular weight excluding hydrogens is 340 g/mol. The molecule has 6 nitrogen and oxygen atoms in total. The van der Waals surface area contributed by atoms with Gasteiger partial charge < -0.3 is 21.7 Å². The van der Waals surface area contributed by atoms with Crippen molar-refractivity contribution in [3.63, 3.8) is 0 Å². The summed E-state index contributed by atoms with van der Waals surface area (Å²) in [5.41, 5.74) is 12.5. The Morgan fingerprint density at radius 1 is 1.07 bits per heavy atom. The largest absolute Gasteiger partial charge is 0.354 e. The quantitative estimate of drug-likeness (QED) is 0.456. The van der Waals surface area contributed by atoms with Gasteiger partial charge in [0.05, 0.1) is 6.54 Å². The van der Waals surface area contributed by atoms with Crippen molar-refractivity contribution in [3.8, 4) is 0 Å². The van der Waals surface area contributed by atoms with Crippen LogP contribution in [-0.2, 0) is 16.0 Å². The lowest BCUT2D eigenvalue weighted by molar-refractivity contribution is -0.140. The summed E-state index contributed by atoms with van der Waals surface area (Å²) < 4.78 is 0. The molecule has 0 saturated heterocycles. The lowest BCUT2D eigenvalue weighted by atomic mass is 10.1. The van der Waals surface area contributed by atoms with E-state index in [0.29, 0.717) is 38.4 Å². The van der Waals surface area contributed by atoms with E-state index in [0.717, 1.165) is 19.3 Å². The molecule has 1 rings (SSSR count). The van der Waals surface area contributed by atoms with Crippen LogP contribution < -0.4 is 16.8 Å². The molecule has 0 aromatic heterocycles. The standard InChI is InChI=1S/C21H36N4O2/c1-17(2)12-15-25(20(26)16-23)19(11-6-13-22)21(27)24-14-7-10-18-8-4-3-5-9-18/h3-5,8-9,17,19H,6-7,10-16,22-23H2,1-2H3,(H,24,27)/t19-/m0/s1. The third kappa shape index (κ3) is 9.02. The molecule has 152 valence electrons. The van der Waals surface area contributed by atoms with E-state index in [-0.39, 0.29) is 18.4 Å². The highest BCUT2D eigenvalue weighted by Gasteiger charge is 2.28. The summed E-state index contributed by atoms with van der Waals surface area (Å²) in [6.07, 6.45) is 3.86. The Morgan fingerprint density at radius 3 is 2.37 bits per heavy atom. The highest BCUT2D eigenvalue weighted by Crippen LogP contribution is 2.12. The summed E-state index contributed by atoms with van der Waals surface area (Å²) in [6.45, 7) is 5.74. The summed E-state index contributed by atoms with van der Waals surface area (Å²) in [4.78, 5) is 26.8. The van der Waals surface area contributed by atoms with E-state index < -0.39 is 6.04 Å². The highest BCUT2D eigenvalue weighted by molar-refractivity contribution is 5.88. The Labute approximate surface area is 163 Å². The van der Waals surface area contributed by atoms with Crippen LogP contribution in [0.15, 0.2) is 30.3 Å². The van der Waals surface area contributed by atoms with Crippen LogP contribution >= 0.6 is 0 Å². The maximum Gasteiger partial charge on any atom is 0.242 e. The Bertz CT molecular complexity index is 548. The van der Waals surface area contributed by atoms with E-state index in [9.17, 15) is 9.59 Å². The molecule has 0 fully saturated rings. The maximum atomic E-state index is 12.8. The highest BCUT2D eigenvalue weighted by atomic mass is 16.2. The van der Waals surface area contributed by atoms with Crippen LogP contribution in [0.1, 0.15) is 45.1 Å². The van der Waals surface area contributed by atoms with Crippen LogP contribution in [0.25, 0.3) is 0 Å². The SMILES string of the molecule is CC(C)CCN(C(=O)CN)[C@@H](CCCN)C(=O)NCCCc1ccccc1. The number of hydrogen-bond donors (Lipinski definition) is 3. The summed E-state index contributed by atoms with van der Waals surface area (Å²) in [6, 6.07) is 9.69. The van der Waals surface area contributed by atoms with Gasteiger partial charge >= 0.3 is 0 Å². The van der Waals surface area contributed by atoms with Gasteiger partial charge in [0.15, 0.2) is 0 Å². The number of rotatable bonds is 13. The third-order valence-electron chi connectivity index (χ3n) is 4.59. The molecule has 0 radical (unpaired) electrons. The molecule has 0 spiro atoms. The normalized spacial score (nSPS) is 12.0. The van der Waals surface area contributed by atoms with Crippen molar-refractivity contribution in [3.05, 3.63) is 35.9 Å². The third-order valence-corrected chi connectivity index (χ3v) is 4.59. The minimum absolute atomic E-state index is 0.0848. The molecule has 27 heavy (non-hydrogen) atoms. The minimum atomic E-state index is -0.500. The van der Waals surface area contributed by atoms with Gasteiger partial charge in [0.25, 0.3) is 0 Å². The lowest BCUT2D eigenvalue weighted by Crippen LogP contribution is -2.52. The van der Waals surface area contributed by atoms with Gasteiger partial charge in [-0.15, -0.1) is 0 Å². The zero-order valence-electron chi connectivity index (χ0n) is 16.8. The average molecular weight is 377 g/mol. The Hall–Kier alpha value is -1.92. The molecule has 6 heteroatoms. The fraction of sp³-hybridized carbons (Fsp3) is 0.619. The summed E-state index contributed by atoms with van der Waals surface area (Å²) in [7, 11) is 0. The van der Waals surface area contributed by atoms with Gasteiger partial charge in [-0.3, -0.25) is 9.59 Å². The van der Waals surface area contributed by atoms with E-state index in [1.165, 1.54) is 5.56 Å². The molecule has 0 aliphatic heterocycles. The number of nitrogens with one attached hydrogen (secondary N) is 1. The van der Waals surface area contributed by atoms with Crippen LogP contribution in [0.2, 0.25) is 0 Å². The molecule has 1 atom stereocenters. The summed E-state index contributed by atoms with van der Waals surface area (Å²) in [5.74, 6) is 0.154. The molecule has 0 bridgehead atoms. The van der Waals surface area contributed by atoms with E-state index >= 15 is 0 Å². The van der Waals surface area contributed by atoms with Crippen LogP contribution in [0.3, 0.4) is 0 Å². The van der Waals surface area contributed by atoms with Crippen LogP contribution in [0.5, 0.6) is 0 Å². The number of aryl methyl sites for hydroxylation is 1. The first-order valence-electron chi connectivity index (χ1n) is 10.0. The number of amides is 2. The second-order valence-electron chi connectivity index (χ2n) is 7.30. The molecule has 0 heterocycles. The molecule has 0 unspecified atom stereocenters. The first kappa shape index (κ1) is 23.1. The van der Waals surface area contributed by atoms with Crippen LogP contribution in [0.4, 0.5) is 0 Å². The van der Waals surface area contributed by atoms with E-state index in [1.807, 2.05) is 18.2 Å². The zero-order valence-corrected chi connectivity index (χ0v) is 16.8. The van der Waals surface area contributed by atoms with E-state index in [2.05, 4.69) is 31.3 Å². The fourth-order valence-corrected chi connectivity index (χ4v) is 2.98. The number of benzene rings is 1. The second kappa shape index (κ2) is 13.3. The zero-order chi connectivity index (χ0) is 20.1. The summed E-state index contributed by atoms with van der Waals surface area (Å²) >= 11 is 0. The number of hydrogen-bond acceptors (Lipinski definition) is 4. The Morgan fingerprint density at radius 2 is 1.78 bits per heavy atom. The first-order valence-corrected chi connectivity index (χ1v) is 10.0. The van der Waals surface area contributed by atoms with Crippen molar-refractivity contribution in [1.82, 2.24) is 10.2 Å². The predicted octanol–water partition coefficient (Wildman–Crippen LogP) is 1.68. The predicted molar refractivity (Wildman–Crippen MR) is 110 cm³/mol. The smallest absolute Gasteiger partial charge is 0.242 e.